The Morgan fingerprint density at radius 2 is 2.00 bits per heavy atom. The Bertz CT molecular complexity index is 274. The Hall–Kier alpha value is -0.610. The molecule has 2 atom stereocenters. The molecule has 0 aromatic carbocycles. The van der Waals surface area contributed by atoms with E-state index in [2.05, 4.69) is 17.1 Å². The van der Waals surface area contributed by atoms with Gasteiger partial charge in [-0.2, -0.15) is 0 Å². The Morgan fingerprint density at radius 1 is 1.28 bits per heavy atom. The lowest BCUT2D eigenvalue weighted by atomic mass is 9.98. The summed E-state index contributed by atoms with van der Waals surface area (Å²) in [5.41, 5.74) is 5.86. The molecule has 0 radical (unpaired) electrons. The molecule has 18 heavy (non-hydrogen) atoms. The molecule has 0 aromatic heterocycles. The Kier molecular flexibility index (Phi) is 5.01. The van der Waals surface area contributed by atoms with Crippen LogP contribution in [0.25, 0.3) is 0 Å². The van der Waals surface area contributed by atoms with Crippen LogP contribution in [0.5, 0.6) is 0 Å². The van der Waals surface area contributed by atoms with Gasteiger partial charge in [0, 0.05) is 25.7 Å². The Labute approximate surface area is 110 Å². The molecule has 4 nitrogen and oxygen atoms in total. The molecular formula is C14H27N3O. The summed E-state index contributed by atoms with van der Waals surface area (Å²) in [5, 5.41) is 3.10. The predicted octanol–water partition coefficient (Wildman–Crippen LogP) is 0.962. The van der Waals surface area contributed by atoms with Gasteiger partial charge >= 0.3 is 0 Å². The third kappa shape index (κ3) is 3.95. The Balaban J connectivity index is 1.63. The second-order valence-corrected chi connectivity index (χ2v) is 6.09. The molecule has 4 heteroatoms. The van der Waals surface area contributed by atoms with E-state index >= 15 is 0 Å². The third-order valence-corrected chi connectivity index (χ3v) is 4.60. The maximum Gasteiger partial charge on any atom is 0.234 e. The van der Waals surface area contributed by atoms with E-state index in [0.717, 1.165) is 38.4 Å². The highest BCUT2D eigenvalue weighted by Gasteiger charge is 2.24. The molecule has 1 aliphatic carbocycles. The standard InChI is InChI=1S/C14H27N3O/c1-11-3-2-4-12(11)9-16-14(18)10-17-7-5-13(15)6-8-17/h11-13H,2-10,15H2,1H3,(H,16,18). The molecule has 0 aromatic rings. The van der Waals surface area contributed by atoms with Crippen molar-refractivity contribution in [2.24, 2.45) is 17.6 Å². The van der Waals surface area contributed by atoms with Crippen molar-refractivity contribution in [1.82, 2.24) is 10.2 Å². The summed E-state index contributed by atoms with van der Waals surface area (Å²) in [6.45, 7) is 5.65. The molecule has 1 saturated carbocycles. The van der Waals surface area contributed by atoms with E-state index in [1.54, 1.807) is 0 Å². The van der Waals surface area contributed by atoms with Gasteiger partial charge in [0.2, 0.25) is 5.91 Å². The normalized spacial score (nSPS) is 30.6. The van der Waals surface area contributed by atoms with Gasteiger partial charge < -0.3 is 11.1 Å². The lowest BCUT2D eigenvalue weighted by molar-refractivity contribution is -0.122. The van der Waals surface area contributed by atoms with Crippen LogP contribution in [-0.4, -0.2) is 43.0 Å². The molecule has 104 valence electrons. The number of nitrogens with two attached hydrogens (primary N) is 1. The highest BCUT2D eigenvalue weighted by atomic mass is 16.2. The monoisotopic (exact) mass is 253 g/mol. The minimum absolute atomic E-state index is 0.185. The van der Waals surface area contributed by atoms with E-state index in [-0.39, 0.29) is 5.91 Å². The van der Waals surface area contributed by atoms with Crippen LogP contribution in [0.1, 0.15) is 39.0 Å². The number of nitrogens with one attached hydrogen (secondary N) is 1. The molecule has 3 N–H and O–H groups in total. The van der Waals surface area contributed by atoms with Crippen LogP contribution in [0.2, 0.25) is 0 Å². The number of hydrogen-bond acceptors (Lipinski definition) is 3. The largest absolute Gasteiger partial charge is 0.355 e. The summed E-state index contributed by atoms with van der Waals surface area (Å²) >= 11 is 0. The first-order valence-electron chi connectivity index (χ1n) is 7.40. The zero-order valence-corrected chi connectivity index (χ0v) is 11.5. The molecule has 2 rings (SSSR count). The van der Waals surface area contributed by atoms with Gasteiger partial charge in [-0.25, -0.2) is 0 Å². The lowest BCUT2D eigenvalue weighted by Crippen LogP contribution is -2.45. The fraction of sp³-hybridized carbons (Fsp3) is 0.929. The molecule has 1 aliphatic heterocycles. The van der Waals surface area contributed by atoms with Crippen LogP contribution >= 0.6 is 0 Å². The molecule has 2 fully saturated rings. The number of rotatable bonds is 4. The van der Waals surface area contributed by atoms with Gasteiger partial charge in [-0.1, -0.05) is 19.8 Å². The van der Waals surface area contributed by atoms with Gasteiger partial charge in [0.25, 0.3) is 0 Å². The zero-order chi connectivity index (χ0) is 13.0. The molecular weight excluding hydrogens is 226 g/mol. The summed E-state index contributed by atoms with van der Waals surface area (Å²) < 4.78 is 0. The SMILES string of the molecule is CC1CCCC1CNC(=O)CN1CCC(N)CC1. The second kappa shape index (κ2) is 6.53. The van der Waals surface area contributed by atoms with Crippen molar-refractivity contribution >= 4 is 5.91 Å². The van der Waals surface area contributed by atoms with Crippen molar-refractivity contribution in [3.63, 3.8) is 0 Å². The highest BCUT2D eigenvalue weighted by molar-refractivity contribution is 5.78. The summed E-state index contributed by atoms with van der Waals surface area (Å²) in [5.74, 6) is 1.66. The number of carbonyl (C=O) groups excluding carboxylic acids is 1. The van der Waals surface area contributed by atoms with Gasteiger partial charge in [0.1, 0.15) is 0 Å². The molecule has 2 unspecified atom stereocenters. The van der Waals surface area contributed by atoms with Gasteiger partial charge in [-0.05, 0) is 31.1 Å². The molecule has 2 aliphatic rings. The number of amides is 1. The van der Waals surface area contributed by atoms with Gasteiger partial charge in [-0.3, -0.25) is 9.69 Å². The van der Waals surface area contributed by atoms with Crippen LogP contribution in [0.4, 0.5) is 0 Å². The summed E-state index contributed by atoms with van der Waals surface area (Å²) in [6.07, 6.45) is 5.97. The summed E-state index contributed by atoms with van der Waals surface area (Å²) in [6, 6.07) is 0.337. The number of carbonyl (C=O) groups is 1. The highest BCUT2D eigenvalue weighted by Crippen LogP contribution is 2.30. The van der Waals surface area contributed by atoms with E-state index in [0.29, 0.717) is 18.5 Å². The first-order chi connectivity index (χ1) is 8.65. The second-order valence-electron chi connectivity index (χ2n) is 6.09. The molecule has 1 amide bonds. The predicted molar refractivity (Wildman–Crippen MR) is 73.2 cm³/mol. The van der Waals surface area contributed by atoms with Crippen LogP contribution in [0.3, 0.4) is 0 Å². The van der Waals surface area contributed by atoms with Crippen molar-refractivity contribution in [2.45, 2.75) is 45.1 Å². The molecule has 1 saturated heterocycles. The fourth-order valence-corrected chi connectivity index (χ4v) is 3.14. The number of piperidine rings is 1. The lowest BCUT2D eigenvalue weighted by Gasteiger charge is -2.29. The maximum atomic E-state index is 11.9. The first-order valence-corrected chi connectivity index (χ1v) is 7.40. The van der Waals surface area contributed by atoms with E-state index < -0.39 is 0 Å². The fourth-order valence-electron chi connectivity index (χ4n) is 3.14. The topological polar surface area (TPSA) is 58.4 Å². The smallest absolute Gasteiger partial charge is 0.234 e. The molecule has 0 spiro atoms. The van der Waals surface area contributed by atoms with Crippen molar-refractivity contribution in [2.75, 3.05) is 26.2 Å². The van der Waals surface area contributed by atoms with E-state index in [1.807, 2.05) is 0 Å². The van der Waals surface area contributed by atoms with Crippen LogP contribution in [0, 0.1) is 11.8 Å². The van der Waals surface area contributed by atoms with Crippen molar-refractivity contribution in [1.29, 1.82) is 0 Å². The summed E-state index contributed by atoms with van der Waals surface area (Å²) in [7, 11) is 0. The Morgan fingerprint density at radius 3 is 2.61 bits per heavy atom. The van der Waals surface area contributed by atoms with E-state index in [9.17, 15) is 4.79 Å². The van der Waals surface area contributed by atoms with E-state index in [1.165, 1.54) is 19.3 Å². The maximum absolute atomic E-state index is 11.9. The minimum Gasteiger partial charge on any atom is -0.355 e. The van der Waals surface area contributed by atoms with Gasteiger partial charge in [0.15, 0.2) is 0 Å². The summed E-state index contributed by atoms with van der Waals surface area (Å²) in [4.78, 5) is 14.1. The van der Waals surface area contributed by atoms with E-state index in [4.69, 9.17) is 5.73 Å². The van der Waals surface area contributed by atoms with Crippen molar-refractivity contribution in [3.05, 3.63) is 0 Å². The van der Waals surface area contributed by atoms with Crippen LogP contribution in [0.15, 0.2) is 0 Å². The average molecular weight is 253 g/mol. The van der Waals surface area contributed by atoms with Crippen LogP contribution in [-0.2, 0) is 4.79 Å². The quantitative estimate of drug-likeness (QED) is 0.784. The van der Waals surface area contributed by atoms with Crippen molar-refractivity contribution in [3.8, 4) is 0 Å². The minimum atomic E-state index is 0.185. The van der Waals surface area contributed by atoms with Crippen molar-refractivity contribution < 1.29 is 4.79 Å². The molecule has 0 bridgehead atoms. The zero-order valence-electron chi connectivity index (χ0n) is 11.5. The molecule has 1 heterocycles. The van der Waals surface area contributed by atoms with Gasteiger partial charge in [0.05, 0.1) is 6.54 Å². The first kappa shape index (κ1) is 13.8. The average Bonchev–Trinajstić information content (AvgIpc) is 2.75. The number of likely N-dealkylation sites (tertiary alicyclic amines) is 1. The third-order valence-electron chi connectivity index (χ3n) is 4.60. The number of hydrogen-bond donors (Lipinski definition) is 2. The van der Waals surface area contributed by atoms with Gasteiger partial charge in [-0.15, -0.1) is 0 Å². The van der Waals surface area contributed by atoms with Crippen LogP contribution < -0.4 is 11.1 Å². The number of nitrogens with zero attached hydrogens (tertiary/aromatic N) is 1.